The van der Waals surface area contributed by atoms with Gasteiger partial charge in [0.1, 0.15) is 0 Å². The van der Waals surface area contributed by atoms with E-state index in [0.717, 1.165) is 29.0 Å². The highest BCUT2D eigenvalue weighted by molar-refractivity contribution is 8.00. The molecule has 6 heteroatoms. The number of anilines is 1. The van der Waals surface area contributed by atoms with Crippen molar-refractivity contribution in [2.75, 3.05) is 5.73 Å². The fourth-order valence-corrected chi connectivity index (χ4v) is 3.50. The molecular formula is C15H20N4OS. The van der Waals surface area contributed by atoms with Gasteiger partial charge < -0.3 is 16.0 Å². The minimum absolute atomic E-state index is 0.0897. The summed E-state index contributed by atoms with van der Waals surface area (Å²) < 4.78 is 0. The standard InChI is InChI=1S/C15H20N4OS/c1-9(14(20)17-11-4-2-3-5-11)21-15-18-12-7-6-10(16)8-13(12)19-15/h6-9,11H,2-5,16H2,1H3,(H,17,20)(H,18,19). The van der Waals surface area contributed by atoms with Gasteiger partial charge in [-0.25, -0.2) is 4.98 Å². The van der Waals surface area contributed by atoms with Crippen LogP contribution in [0.15, 0.2) is 23.4 Å². The lowest BCUT2D eigenvalue weighted by molar-refractivity contribution is -0.120. The van der Waals surface area contributed by atoms with E-state index in [1.807, 2.05) is 25.1 Å². The Balaban J connectivity index is 1.64. The quantitative estimate of drug-likeness (QED) is 0.599. The second-order valence-electron chi connectivity index (χ2n) is 5.57. The highest BCUT2D eigenvalue weighted by atomic mass is 32.2. The molecule has 21 heavy (non-hydrogen) atoms. The van der Waals surface area contributed by atoms with Crippen LogP contribution in [0.2, 0.25) is 0 Å². The number of hydrogen-bond donors (Lipinski definition) is 3. The second kappa shape index (κ2) is 5.97. The number of fused-ring (bicyclic) bond motifs is 1. The van der Waals surface area contributed by atoms with Gasteiger partial charge >= 0.3 is 0 Å². The third-order valence-electron chi connectivity index (χ3n) is 3.84. The number of aromatic nitrogens is 2. The number of carbonyl (C=O) groups is 1. The molecule has 1 heterocycles. The molecule has 1 amide bonds. The maximum Gasteiger partial charge on any atom is 0.233 e. The maximum atomic E-state index is 12.2. The predicted octanol–water partition coefficient (Wildman–Crippen LogP) is 2.68. The topological polar surface area (TPSA) is 83.8 Å². The van der Waals surface area contributed by atoms with Gasteiger partial charge in [0.15, 0.2) is 5.16 Å². The number of nitrogens with two attached hydrogens (primary N) is 1. The van der Waals surface area contributed by atoms with Gasteiger partial charge in [-0.2, -0.15) is 0 Å². The van der Waals surface area contributed by atoms with E-state index in [1.54, 1.807) is 0 Å². The van der Waals surface area contributed by atoms with Crippen LogP contribution in [-0.4, -0.2) is 27.2 Å². The lowest BCUT2D eigenvalue weighted by Gasteiger charge is -2.15. The molecular weight excluding hydrogens is 284 g/mol. The number of thioether (sulfide) groups is 1. The first-order valence-corrected chi connectivity index (χ1v) is 8.22. The number of rotatable bonds is 4. The van der Waals surface area contributed by atoms with Crippen molar-refractivity contribution >= 4 is 34.4 Å². The summed E-state index contributed by atoms with van der Waals surface area (Å²) >= 11 is 1.45. The summed E-state index contributed by atoms with van der Waals surface area (Å²) in [7, 11) is 0. The zero-order chi connectivity index (χ0) is 14.8. The van der Waals surface area contributed by atoms with Crippen LogP contribution in [0.25, 0.3) is 11.0 Å². The summed E-state index contributed by atoms with van der Waals surface area (Å²) in [5, 5.41) is 3.71. The van der Waals surface area contributed by atoms with Crippen LogP contribution >= 0.6 is 11.8 Å². The van der Waals surface area contributed by atoms with Crippen LogP contribution in [0.5, 0.6) is 0 Å². The zero-order valence-electron chi connectivity index (χ0n) is 12.1. The van der Waals surface area contributed by atoms with E-state index < -0.39 is 0 Å². The van der Waals surface area contributed by atoms with E-state index in [1.165, 1.54) is 24.6 Å². The molecule has 1 aromatic heterocycles. The van der Waals surface area contributed by atoms with Crippen molar-refractivity contribution in [3.05, 3.63) is 18.2 Å². The molecule has 1 aliphatic rings. The molecule has 5 nitrogen and oxygen atoms in total. The molecule has 0 radical (unpaired) electrons. The van der Waals surface area contributed by atoms with Crippen molar-refractivity contribution in [1.29, 1.82) is 0 Å². The van der Waals surface area contributed by atoms with Gasteiger partial charge in [0.2, 0.25) is 5.91 Å². The lowest BCUT2D eigenvalue weighted by Crippen LogP contribution is -2.37. The van der Waals surface area contributed by atoms with E-state index in [4.69, 9.17) is 5.73 Å². The number of nitrogen functional groups attached to an aromatic ring is 1. The molecule has 4 N–H and O–H groups in total. The van der Waals surface area contributed by atoms with Gasteiger partial charge in [-0.15, -0.1) is 0 Å². The molecule has 1 aliphatic carbocycles. The normalized spacial score (nSPS) is 17.2. The van der Waals surface area contributed by atoms with Crippen LogP contribution in [0.1, 0.15) is 32.6 Å². The van der Waals surface area contributed by atoms with Crippen molar-refractivity contribution in [3.63, 3.8) is 0 Å². The van der Waals surface area contributed by atoms with E-state index in [0.29, 0.717) is 11.7 Å². The Morgan fingerprint density at radius 3 is 3.00 bits per heavy atom. The molecule has 2 aromatic rings. The molecule has 112 valence electrons. The van der Waals surface area contributed by atoms with E-state index >= 15 is 0 Å². The number of aromatic amines is 1. The van der Waals surface area contributed by atoms with Crippen LogP contribution < -0.4 is 11.1 Å². The number of imidazole rings is 1. The first-order chi connectivity index (χ1) is 10.1. The molecule has 3 rings (SSSR count). The third kappa shape index (κ3) is 3.32. The SMILES string of the molecule is CC(Sc1nc2ccc(N)cc2[nH]1)C(=O)NC1CCCC1. The van der Waals surface area contributed by atoms with Crippen LogP contribution in [0.4, 0.5) is 5.69 Å². The summed E-state index contributed by atoms with van der Waals surface area (Å²) in [5.74, 6) is 0.0897. The smallest absolute Gasteiger partial charge is 0.233 e. The number of nitrogens with one attached hydrogen (secondary N) is 2. The summed E-state index contributed by atoms with van der Waals surface area (Å²) in [6.07, 6.45) is 4.65. The second-order valence-corrected chi connectivity index (χ2v) is 6.90. The fourth-order valence-electron chi connectivity index (χ4n) is 2.67. The summed E-state index contributed by atoms with van der Waals surface area (Å²) in [6.45, 7) is 1.91. The Bertz CT molecular complexity index is 648. The molecule has 0 spiro atoms. The Labute approximate surface area is 128 Å². The first kappa shape index (κ1) is 14.3. The maximum absolute atomic E-state index is 12.2. The van der Waals surface area contributed by atoms with Crippen molar-refractivity contribution < 1.29 is 4.79 Å². The molecule has 0 saturated heterocycles. The number of nitrogens with zero attached hydrogens (tertiary/aromatic N) is 1. The predicted molar refractivity (Wildman–Crippen MR) is 86.2 cm³/mol. The molecule has 1 atom stereocenters. The number of benzene rings is 1. The van der Waals surface area contributed by atoms with Gasteiger partial charge in [-0.1, -0.05) is 24.6 Å². The van der Waals surface area contributed by atoms with E-state index in [-0.39, 0.29) is 11.2 Å². The average Bonchev–Trinajstić information content (AvgIpc) is 3.07. The van der Waals surface area contributed by atoms with Gasteiger partial charge in [-0.3, -0.25) is 4.79 Å². The molecule has 1 aromatic carbocycles. The largest absolute Gasteiger partial charge is 0.399 e. The molecule has 0 bridgehead atoms. The first-order valence-electron chi connectivity index (χ1n) is 7.34. The zero-order valence-corrected chi connectivity index (χ0v) is 12.9. The highest BCUT2D eigenvalue weighted by Gasteiger charge is 2.22. The lowest BCUT2D eigenvalue weighted by atomic mass is 10.2. The minimum atomic E-state index is -0.163. The Hall–Kier alpha value is -1.69. The Morgan fingerprint density at radius 2 is 2.24 bits per heavy atom. The van der Waals surface area contributed by atoms with Gasteiger partial charge in [0, 0.05) is 11.7 Å². The fraction of sp³-hybridized carbons (Fsp3) is 0.467. The number of carbonyl (C=O) groups excluding carboxylic acids is 1. The van der Waals surface area contributed by atoms with Crippen molar-refractivity contribution in [2.24, 2.45) is 0 Å². The van der Waals surface area contributed by atoms with Gasteiger partial charge in [-0.05, 0) is 38.0 Å². The Kier molecular flexibility index (Phi) is 4.05. The average molecular weight is 304 g/mol. The summed E-state index contributed by atoms with van der Waals surface area (Å²) in [4.78, 5) is 19.9. The molecule has 1 fully saturated rings. The van der Waals surface area contributed by atoms with Gasteiger partial charge in [0.25, 0.3) is 0 Å². The van der Waals surface area contributed by atoms with Crippen molar-refractivity contribution in [2.45, 2.75) is 49.1 Å². The van der Waals surface area contributed by atoms with Crippen molar-refractivity contribution in [1.82, 2.24) is 15.3 Å². The number of amides is 1. The molecule has 1 unspecified atom stereocenters. The molecule has 1 saturated carbocycles. The van der Waals surface area contributed by atoms with E-state index in [2.05, 4.69) is 15.3 Å². The summed E-state index contributed by atoms with van der Waals surface area (Å²) in [5.41, 5.74) is 8.23. The van der Waals surface area contributed by atoms with Crippen LogP contribution in [0.3, 0.4) is 0 Å². The van der Waals surface area contributed by atoms with Crippen LogP contribution in [0, 0.1) is 0 Å². The van der Waals surface area contributed by atoms with E-state index in [9.17, 15) is 4.79 Å². The van der Waals surface area contributed by atoms with Crippen LogP contribution in [-0.2, 0) is 4.79 Å². The minimum Gasteiger partial charge on any atom is -0.399 e. The number of H-pyrrole nitrogens is 1. The number of hydrogen-bond acceptors (Lipinski definition) is 4. The van der Waals surface area contributed by atoms with Gasteiger partial charge in [0.05, 0.1) is 16.3 Å². The summed E-state index contributed by atoms with van der Waals surface area (Å²) in [6, 6.07) is 5.92. The Morgan fingerprint density at radius 1 is 1.48 bits per heavy atom. The van der Waals surface area contributed by atoms with Crippen molar-refractivity contribution in [3.8, 4) is 0 Å². The molecule has 0 aliphatic heterocycles. The third-order valence-corrected chi connectivity index (χ3v) is 4.83. The highest BCUT2D eigenvalue weighted by Crippen LogP contribution is 2.25. The monoisotopic (exact) mass is 304 g/mol.